The highest BCUT2D eigenvalue weighted by atomic mass is 16.4. The van der Waals surface area contributed by atoms with Gasteiger partial charge in [-0.05, 0) is 33.4 Å². The van der Waals surface area contributed by atoms with Gasteiger partial charge in [-0.1, -0.05) is 6.42 Å². The van der Waals surface area contributed by atoms with E-state index in [0.29, 0.717) is 13.0 Å². The molecule has 0 aromatic heterocycles. The molecule has 130 valence electrons. The van der Waals surface area contributed by atoms with Gasteiger partial charge >= 0.3 is 0 Å². The SMILES string of the molecule is CN[C@@H](CCCCNCC(=O)C(O)C(O)C(O)CO)C(C)=O. The van der Waals surface area contributed by atoms with E-state index in [-0.39, 0.29) is 18.4 Å². The Hall–Kier alpha value is -0.900. The maximum absolute atomic E-state index is 11.6. The van der Waals surface area contributed by atoms with Crippen molar-refractivity contribution in [2.24, 2.45) is 0 Å². The number of ketones is 2. The second kappa shape index (κ2) is 11.6. The van der Waals surface area contributed by atoms with Gasteiger partial charge in [0.05, 0.1) is 19.2 Å². The topological polar surface area (TPSA) is 139 Å². The molecular weight excluding hydrogens is 292 g/mol. The number of aliphatic hydroxyl groups excluding tert-OH is 4. The van der Waals surface area contributed by atoms with Gasteiger partial charge < -0.3 is 31.1 Å². The summed E-state index contributed by atoms with van der Waals surface area (Å²) >= 11 is 0. The van der Waals surface area contributed by atoms with Crippen LogP contribution in [0.5, 0.6) is 0 Å². The molecule has 8 heteroatoms. The minimum absolute atomic E-state index is 0.0881. The van der Waals surface area contributed by atoms with E-state index >= 15 is 0 Å². The predicted octanol–water partition coefficient (Wildman–Crippen LogP) is -2.43. The van der Waals surface area contributed by atoms with Crippen molar-refractivity contribution in [1.29, 1.82) is 0 Å². The fourth-order valence-electron chi connectivity index (χ4n) is 1.97. The molecule has 0 saturated carbocycles. The average molecular weight is 320 g/mol. The van der Waals surface area contributed by atoms with Gasteiger partial charge in [-0.25, -0.2) is 0 Å². The Kier molecular flexibility index (Phi) is 11.2. The predicted molar refractivity (Wildman–Crippen MR) is 80.4 cm³/mol. The molecule has 22 heavy (non-hydrogen) atoms. The number of Topliss-reactive ketones (excluding diaryl/α,β-unsaturated/α-hetero) is 2. The van der Waals surface area contributed by atoms with Gasteiger partial charge in [-0.2, -0.15) is 0 Å². The normalized spacial score (nSPS) is 16.8. The van der Waals surface area contributed by atoms with Crippen LogP contribution in [0.2, 0.25) is 0 Å². The minimum atomic E-state index is -1.74. The third-order valence-electron chi connectivity index (χ3n) is 3.47. The summed E-state index contributed by atoms with van der Waals surface area (Å²) in [6.07, 6.45) is -2.71. The molecule has 0 aromatic carbocycles. The molecule has 0 rings (SSSR count). The molecule has 0 spiro atoms. The van der Waals surface area contributed by atoms with Crippen LogP contribution in [0.4, 0.5) is 0 Å². The highest BCUT2D eigenvalue weighted by Gasteiger charge is 2.29. The molecule has 8 nitrogen and oxygen atoms in total. The molecule has 3 unspecified atom stereocenters. The van der Waals surface area contributed by atoms with Crippen molar-refractivity contribution >= 4 is 11.6 Å². The summed E-state index contributed by atoms with van der Waals surface area (Å²) in [4.78, 5) is 22.8. The minimum Gasteiger partial charge on any atom is -0.394 e. The number of aliphatic hydroxyl groups is 4. The molecule has 0 radical (unpaired) electrons. The van der Waals surface area contributed by atoms with E-state index in [1.165, 1.54) is 6.92 Å². The summed E-state index contributed by atoms with van der Waals surface area (Å²) in [5.74, 6) is -0.568. The van der Waals surface area contributed by atoms with Gasteiger partial charge in [0, 0.05) is 0 Å². The maximum atomic E-state index is 11.6. The number of carbonyl (C=O) groups excluding carboxylic acids is 2. The van der Waals surface area contributed by atoms with Crippen molar-refractivity contribution in [2.45, 2.75) is 50.5 Å². The number of rotatable bonds is 13. The molecule has 0 aromatic rings. The fourth-order valence-corrected chi connectivity index (χ4v) is 1.97. The van der Waals surface area contributed by atoms with Crippen LogP contribution >= 0.6 is 0 Å². The van der Waals surface area contributed by atoms with Gasteiger partial charge in [0.2, 0.25) is 0 Å². The smallest absolute Gasteiger partial charge is 0.177 e. The van der Waals surface area contributed by atoms with E-state index in [9.17, 15) is 19.8 Å². The first-order valence-electron chi connectivity index (χ1n) is 7.41. The van der Waals surface area contributed by atoms with Crippen LogP contribution in [-0.2, 0) is 9.59 Å². The first-order valence-corrected chi connectivity index (χ1v) is 7.41. The first kappa shape index (κ1) is 21.1. The van der Waals surface area contributed by atoms with Crippen molar-refractivity contribution in [3.8, 4) is 0 Å². The van der Waals surface area contributed by atoms with E-state index < -0.39 is 30.7 Å². The average Bonchev–Trinajstić information content (AvgIpc) is 2.51. The molecule has 0 aliphatic heterocycles. The lowest BCUT2D eigenvalue weighted by Crippen LogP contribution is -2.46. The molecule has 0 bridgehead atoms. The van der Waals surface area contributed by atoms with E-state index in [1.54, 1.807) is 7.05 Å². The number of likely N-dealkylation sites (N-methyl/N-ethyl adjacent to an activating group) is 1. The number of carbonyl (C=O) groups is 2. The van der Waals surface area contributed by atoms with Crippen LogP contribution in [0, 0.1) is 0 Å². The second-order valence-electron chi connectivity index (χ2n) is 5.28. The third kappa shape index (κ3) is 7.92. The van der Waals surface area contributed by atoms with E-state index in [2.05, 4.69) is 10.6 Å². The number of hydrogen-bond acceptors (Lipinski definition) is 8. The molecule has 0 fully saturated rings. The maximum Gasteiger partial charge on any atom is 0.177 e. The molecule has 0 aliphatic rings. The lowest BCUT2D eigenvalue weighted by atomic mass is 10.0. The highest BCUT2D eigenvalue weighted by molar-refractivity contribution is 5.85. The summed E-state index contributed by atoms with van der Waals surface area (Å²) < 4.78 is 0. The molecule has 4 atom stereocenters. The Balaban J connectivity index is 3.83. The van der Waals surface area contributed by atoms with Crippen LogP contribution in [0.1, 0.15) is 26.2 Å². The summed E-state index contributed by atoms with van der Waals surface area (Å²) in [5.41, 5.74) is 0. The largest absolute Gasteiger partial charge is 0.394 e. The molecule has 6 N–H and O–H groups in total. The zero-order chi connectivity index (χ0) is 17.1. The lowest BCUT2D eigenvalue weighted by Gasteiger charge is -2.20. The Morgan fingerprint density at radius 2 is 1.77 bits per heavy atom. The van der Waals surface area contributed by atoms with Crippen LogP contribution in [0.25, 0.3) is 0 Å². The molecule has 0 saturated heterocycles. The Bertz CT molecular complexity index is 339. The van der Waals surface area contributed by atoms with Crippen molar-refractivity contribution in [2.75, 3.05) is 26.7 Å². The van der Waals surface area contributed by atoms with E-state index in [4.69, 9.17) is 10.2 Å². The Labute approximate surface area is 130 Å². The third-order valence-corrected chi connectivity index (χ3v) is 3.47. The van der Waals surface area contributed by atoms with Crippen LogP contribution in [0.15, 0.2) is 0 Å². The quantitative estimate of drug-likeness (QED) is 0.206. The van der Waals surface area contributed by atoms with Crippen LogP contribution in [-0.4, -0.2) is 83.1 Å². The molecule has 0 amide bonds. The Morgan fingerprint density at radius 1 is 1.14 bits per heavy atom. The second-order valence-corrected chi connectivity index (χ2v) is 5.28. The highest BCUT2D eigenvalue weighted by Crippen LogP contribution is 2.02. The van der Waals surface area contributed by atoms with Crippen molar-refractivity contribution in [3.63, 3.8) is 0 Å². The first-order chi connectivity index (χ1) is 10.3. The summed E-state index contributed by atoms with van der Waals surface area (Å²) in [5, 5.41) is 42.4. The summed E-state index contributed by atoms with van der Waals surface area (Å²) in [6.45, 7) is 1.19. The van der Waals surface area contributed by atoms with Gasteiger partial charge in [0.15, 0.2) is 5.78 Å². The van der Waals surface area contributed by atoms with Crippen LogP contribution < -0.4 is 10.6 Å². The fraction of sp³-hybridized carbons (Fsp3) is 0.857. The van der Waals surface area contributed by atoms with Gasteiger partial charge in [-0.3, -0.25) is 9.59 Å². The van der Waals surface area contributed by atoms with Crippen molar-refractivity contribution in [1.82, 2.24) is 10.6 Å². The molecular formula is C14H28N2O6. The van der Waals surface area contributed by atoms with E-state index in [0.717, 1.165) is 12.8 Å². The van der Waals surface area contributed by atoms with Gasteiger partial charge in [0.1, 0.15) is 24.1 Å². The van der Waals surface area contributed by atoms with Crippen LogP contribution in [0.3, 0.4) is 0 Å². The molecule has 0 aliphatic carbocycles. The summed E-state index contributed by atoms with van der Waals surface area (Å²) in [7, 11) is 1.73. The molecule has 0 heterocycles. The zero-order valence-corrected chi connectivity index (χ0v) is 13.2. The number of unbranched alkanes of at least 4 members (excludes halogenated alkanes) is 1. The van der Waals surface area contributed by atoms with Gasteiger partial charge in [0.25, 0.3) is 0 Å². The standard InChI is InChI=1S/C14H28N2O6/c1-9(18)10(15-2)5-3-4-6-16-7-11(19)13(21)14(22)12(20)8-17/h10,12-17,20-22H,3-8H2,1-2H3/t10-,12?,13?,14?/m0/s1. The monoisotopic (exact) mass is 320 g/mol. The zero-order valence-electron chi connectivity index (χ0n) is 13.2. The lowest BCUT2D eigenvalue weighted by molar-refractivity contribution is -0.139. The number of nitrogens with one attached hydrogen (secondary N) is 2. The number of hydrogen-bond donors (Lipinski definition) is 6. The summed E-state index contributed by atoms with van der Waals surface area (Å²) in [6, 6.07) is -0.154. The van der Waals surface area contributed by atoms with E-state index in [1.807, 2.05) is 0 Å². The van der Waals surface area contributed by atoms with Crippen molar-refractivity contribution in [3.05, 3.63) is 0 Å². The van der Waals surface area contributed by atoms with Crippen molar-refractivity contribution < 1.29 is 30.0 Å². The Morgan fingerprint density at radius 3 is 2.27 bits per heavy atom. The van der Waals surface area contributed by atoms with Gasteiger partial charge in [-0.15, -0.1) is 0 Å².